The zero-order chi connectivity index (χ0) is 24.9. The number of hydrogen-bond acceptors (Lipinski definition) is 1. The Labute approximate surface area is 200 Å². The molecular formula is C29H23F5O. The molecule has 0 radical (unpaired) electrons. The molecule has 0 saturated heterocycles. The number of aryl methyl sites for hydroxylation is 4. The predicted molar refractivity (Wildman–Crippen MR) is 127 cm³/mol. The number of fused-ring (bicyclic) bond motifs is 1. The van der Waals surface area contributed by atoms with Gasteiger partial charge in [-0.05, 0) is 71.5 Å². The summed E-state index contributed by atoms with van der Waals surface area (Å²) in [4.78, 5) is 0. The molecule has 4 rings (SSSR count). The fourth-order valence-electron chi connectivity index (χ4n) is 4.02. The van der Waals surface area contributed by atoms with Crippen molar-refractivity contribution < 1.29 is 26.7 Å². The highest BCUT2D eigenvalue weighted by Gasteiger charge is 2.13. The van der Waals surface area contributed by atoms with Gasteiger partial charge in [0.15, 0.2) is 17.5 Å². The fourth-order valence-corrected chi connectivity index (χ4v) is 4.02. The second kappa shape index (κ2) is 10.7. The van der Waals surface area contributed by atoms with E-state index in [9.17, 15) is 17.6 Å². The Morgan fingerprint density at radius 2 is 1.31 bits per heavy atom. The summed E-state index contributed by atoms with van der Waals surface area (Å²) in [6, 6.07) is 15.4. The van der Waals surface area contributed by atoms with Gasteiger partial charge in [-0.2, -0.15) is 0 Å². The van der Waals surface area contributed by atoms with E-state index >= 15 is 4.39 Å². The zero-order valence-electron chi connectivity index (χ0n) is 18.9. The summed E-state index contributed by atoms with van der Waals surface area (Å²) >= 11 is 0. The third kappa shape index (κ3) is 5.70. The van der Waals surface area contributed by atoms with Crippen molar-refractivity contribution in [3.63, 3.8) is 0 Å². The molecule has 0 aliphatic heterocycles. The molecule has 1 nitrogen and oxygen atoms in total. The van der Waals surface area contributed by atoms with Crippen molar-refractivity contribution in [1.29, 1.82) is 0 Å². The van der Waals surface area contributed by atoms with Gasteiger partial charge in [0, 0.05) is 11.5 Å². The Bertz CT molecular complexity index is 1360. The first kappa shape index (κ1) is 24.5. The molecule has 0 bridgehead atoms. The lowest BCUT2D eigenvalue weighted by atomic mass is 9.97. The second-order valence-electron chi connectivity index (χ2n) is 8.32. The molecule has 0 N–H and O–H groups in total. The van der Waals surface area contributed by atoms with E-state index in [0.717, 1.165) is 17.7 Å². The van der Waals surface area contributed by atoms with Crippen LogP contribution in [0.2, 0.25) is 0 Å². The van der Waals surface area contributed by atoms with Crippen LogP contribution in [0.3, 0.4) is 0 Å². The van der Waals surface area contributed by atoms with Gasteiger partial charge in [-0.25, -0.2) is 22.0 Å². The van der Waals surface area contributed by atoms with Crippen molar-refractivity contribution in [1.82, 2.24) is 0 Å². The molecule has 0 heterocycles. The summed E-state index contributed by atoms with van der Waals surface area (Å²) in [5, 5.41) is 1.13. The zero-order valence-corrected chi connectivity index (χ0v) is 18.9. The molecule has 6 heteroatoms. The molecule has 0 fully saturated rings. The largest absolute Gasteiger partial charge is 0.489 e. The van der Waals surface area contributed by atoms with Crippen molar-refractivity contribution >= 4 is 10.8 Å². The van der Waals surface area contributed by atoms with E-state index in [4.69, 9.17) is 4.74 Å². The lowest BCUT2D eigenvalue weighted by Gasteiger charge is -2.10. The molecule has 0 spiro atoms. The van der Waals surface area contributed by atoms with Gasteiger partial charge in [-0.15, -0.1) is 0 Å². The molecule has 0 aliphatic carbocycles. The van der Waals surface area contributed by atoms with Gasteiger partial charge < -0.3 is 4.74 Å². The molecule has 0 aromatic heterocycles. The van der Waals surface area contributed by atoms with Crippen LogP contribution in [0, 0.1) is 29.1 Å². The maximum Gasteiger partial charge on any atom is 0.194 e. The molecular weight excluding hydrogens is 459 g/mol. The first-order valence-corrected chi connectivity index (χ1v) is 11.2. The minimum Gasteiger partial charge on any atom is -0.489 e. The Hall–Kier alpha value is -3.67. The van der Waals surface area contributed by atoms with E-state index in [1.807, 2.05) is 6.07 Å². The Morgan fingerprint density at radius 1 is 0.629 bits per heavy atom. The van der Waals surface area contributed by atoms with Crippen molar-refractivity contribution in [2.75, 3.05) is 6.61 Å². The van der Waals surface area contributed by atoms with E-state index in [0.29, 0.717) is 47.1 Å². The first-order valence-electron chi connectivity index (χ1n) is 11.2. The quantitative estimate of drug-likeness (QED) is 0.135. The molecule has 0 unspecified atom stereocenters. The SMILES string of the molecule is C=CCOc1ccc(CCc2ccc3c(F)c(CCc4cc(F)c(F)c(F)c4)ccc3c2)c(F)c1. The maximum absolute atomic E-state index is 15.1. The van der Waals surface area contributed by atoms with Crippen LogP contribution >= 0.6 is 0 Å². The minimum absolute atomic E-state index is 0.164. The molecule has 4 aromatic rings. The molecule has 35 heavy (non-hydrogen) atoms. The predicted octanol–water partition coefficient (Wildman–Crippen LogP) is 7.67. The Kier molecular flexibility index (Phi) is 7.49. The summed E-state index contributed by atoms with van der Waals surface area (Å²) in [5.41, 5.74) is 2.15. The lowest BCUT2D eigenvalue weighted by molar-refractivity contribution is 0.360. The molecule has 180 valence electrons. The van der Waals surface area contributed by atoms with Crippen molar-refractivity contribution in [2.24, 2.45) is 0 Å². The van der Waals surface area contributed by atoms with Crippen LogP contribution in [-0.4, -0.2) is 6.61 Å². The van der Waals surface area contributed by atoms with Crippen LogP contribution in [0.4, 0.5) is 22.0 Å². The number of hydrogen-bond donors (Lipinski definition) is 0. The first-order chi connectivity index (χ1) is 16.9. The topological polar surface area (TPSA) is 9.23 Å². The van der Waals surface area contributed by atoms with Gasteiger partial charge in [-0.3, -0.25) is 0 Å². The van der Waals surface area contributed by atoms with E-state index in [-0.39, 0.29) is 24.2 Å². The fraction of sp³-hybridized carbons (Fsp3) is 0.172. The highest BCUT2D eigenvalue weighted by Crippen LogP contribution is 2.25. The van der Waals surface area contributed by atoms with Gasteiger partial charge in [0.25, 0.3) is 0 Å². The minimum atomic E-state index is -1.52. The van der Waals surface area contributed by atoms with Crippen molar-refractivity contribution in [3.8, 4) is 5.75 Å². The molecule has 0 saturated carbocycles. The van der Waals surface area contributed by atoms with E-state index < -0.39 is 23.3 Å². The van der Waals surface area contributed by atoms with Gasteiger partial charge in [-0.1, -0.05) is 49.1 Å². The third-order valence-corrected chi connectivity index (χ3v) is 5.90. The summed E-state index contributed by atoms with van der Waals surface area (Å²) in [5.74, 6) is -4.34. The normalized spacial score (nSPS) is 11.1. The standard InChI is InChI=1S/C29H23F5O/c1-2-13-35-23-11-10-20(25(30)17-23)6-3-18-5-12-24-22(14-18)9-8-21(28(24)33)7-4-19-15-26(31)29(34)27(32)16-19/h2,5,8-12,14-17H,1,3-4,6-7,13H2. The van der Waals surface area contributed by atoms with Crippen LogP contribution < -0.4 is 4.74 Å². The van der Waals surface area contributed by atoms with E-state index in [1.165, 1.54) is 6.07 Å². The number of halogens is 5. The highest BCUT2D eigenvalue weighted by atomic mass is 19.2. The summed E-state index contributed by atoms with van der Waals surface area (Å²) in [6.45, 7) is 3.87. The van der Waals surface area contributed by atoms with Crippen LogP contribution in [0.5, 0.6) is 5.75 Å². The van der Waals surface area contributed by atoms with Gasteiger partial charge in [0.2, 0.25) is 0 Å². The van der Waals surface area contributed by atoms with E-state index in [2.05, 4.69) is 6.58 Å². The van der Waals surface area contributed by atoms with Crippen LogP contribution in [0.25, 0.3) is 10.8 Å². The van der Waals surface area contributed by atoms with Gasteiger partial charge in [0.05, 0.1) is 0 Å². The summed E-state index contributed by atoms with van der Waals surface area (Å²) in [7, 11) is 0. The van der Waals surface area contributed by atoms with Crippen LogP contribution in [0.15, 0.2) is 73.3 Å². The van der Waals surface area contributed by atoms with Crippen LogP contribution in [0.1, 0.15) is 22.3 Å². The number of ether oxygens (including phenoxy) is 1. The Morgan fingerprint density at radius 3 is 2.03 bits per heavy atom. The molecule has 0 atom stereocenters. The third-order valence-electron chi connectivity index (χ3n) is 5.90. The molecule has 4 aromatic carbocycles. The summed E-state index contributed by atoms with van der Waals surface area (Å²) in [6.07, 6.45) is 3.01. The van der Waals surface area contributed by atoms with Crippen molar-refractivity contribution in [3.05, 3.63) is 125 Å². The monoisotopic (exact) mass is 482 g/mol. The average Bonchev–Trinajstić information content (AvgIpc) is 2.85. The van der Waals surface area contributed by atoms with E-state index in [1.54, 1.807) is 42.5 Å². The number of benzene rings is 4. The van der Waals surface area contributed by atoms with Crippen molar-refractivity contribution in [2.45, 2.75) is 25.7 Å². The van der Waals surface area contributed by atoms with Gasteiger partial charge in [0.1, 0.15) is 24.0 Å². The van der Waals surface area contributed by atoms with Crippen LogP contribution in [-0.2, 0) is 25.7 Å². The molecule has 0 amide bonds. The smallest absolute Gasteiger partial charge is 0.194 e. The van der Waals surface area contributed by atoms with Gasteiger partial charge >= 0.3 is 0 Å². The average molecular weight is 482 g/mol. The highest BCUT2D eigenvalue weighted by molar-refractivity contribution is 5.84. The molecule has 0 aliphatic rings. The second-order valence-corrected chi connectivity index (χ2v) is 8.32. The maximum atomic E-state index is 15.1. The number of rotatable bonds is 9. The lowest BCUT2D eigenvalue weighted by Crippen LogP contribution is -2.00. The Balaban J connectivity index is 1.44. The summed E-state index contributed by atoms with van der Waals surface area (Å²) < 4.78 is 74.8.